The van der Waals surface area contributed by atoms with Crippen molar-refractivity contribution in [2.24, 2.45) is 16.6 Å². The van der Waals surface area contributed by atoms with Gasteiger partial charge in [0.05, 0.1) is 11.3 Å². The maximum atomic E-state index is 14.6. The van der Waals surface area contributed by atoms with Crippen molar-refractivity contribution < 1.29 is 18.7 Å². The number of likely N-dealkylation sites (tertiary alicyclic amines) is 1. The van der Waals surface area contributed by atoms with E-state index in [0.29, 0.717) is 50.3 Å². The molecule has 0 spiro atoms. The highest BCUT2D eigenvalue weighted by Gasteiger charge is 2.24. The highest BCUT2D eigenvalue weighted by atomic mass is 19.1. The van der Waals surface area contributed by atoms with Crippen LogP contribution in [0.15, 0.2) is 29.5 Å². The van der Waals surface area contributed by atoms with Crippen LogP contribution < -0.4 is 16.0 Å². The monoisotopic (exact) mass is 461 g/mol. The van der Waals surface area contributed by atoms with Gasteiger partial charge in [-0.3, -0.25) is 4.99 Å². The number of hydrogen-bond donors (Lipinski definition) is 3. The van der Waals surface area contributed by atoms with Crippen molar-refractivity contribution in [3.8, 4) is 0 Å². The van der Waals surface area contributed by atoms with E-state index in [2.05, 4.69) is 25.2 Å². The van der Waals surface area contributed by atoms with E-state index in [1.165, 1.54) is 11.2 Å². The minimum atomic E-state index is -0.885. The van der Waals surface area contributed by atoms with E-state index in [1.54, 1.807) is 13.0 Å². The number of nitrogens with one attached hydrogen (secondary N) is 1. The molecule has 4 N–H and O–H groups in total. The predicted octanol–water partition coefficient (Wildman–Crippen LogP) is 3.44. The van der Waals surface area contributed by atoms with Crippen LogP contribution in [0.3, 0.4) is 0 Å². The molecule has 33 heavy (non-hydrogen) atoms. The number of benzene rings is 1. The molecule has 1 saturated heterocycles. The van der Waals surface area contributed by atoms with Crippen LogP contribution in [0.1, 0.15) is 32.3 Å². The Hall–Kier alpha value is -3.50. The van der Waals surface area contributed by atoms with Gasteiger partial charge < -0.3 is 26.0 Å². The number of carbonyl (C=O) groups is 1. The molecule has 1 aliphatic heterocycles. The van der Waals surface area contributed by atoms with Crippen LogP contribution in [-0.2, 0) is 0 Å². The van der Waals surface area contributed by atoms with Gasteiger partial charge in [0.2, 0.25) is 0 Å². The van der Waals surface area contributed by atoms with Gasteiger partial charge in [-0.25, -0.2) is 23.5 Å². The molecule has 1 aromatic carbocycles. The molecule has 178 valence electrons. The van der Waals surface area contributed by atoms with Crippen LogP contribution in [0.5, 0.6) is 0 Å². The largest absolute Gasteiger partial charge is 0.465 e. The third-order valence-electron chi connectivity index (χ3n) is 5.65. The van der Waals surface area contributed by atoms with Crippen LogP contribution >= 0.6 is 0 Å². The van der Waals surface area contributed by atoms with Gasteiger partial charge in [0, 0.05) is 44.9 Å². The number of amidine groups is 1. The summed E-state index contributed by atoms with van der Waals surface area (Å²) in [5.74, 6) is -0.129. The van der Waals surface area contributed by atoms with Gasteiger partial charge in [-0.1, -0.05) is 0 Å². The number of halogens is 2. The van der Waals surface area contributed by atoms with Crippen molar-refractivity contribution >= 4 is 29.3 Å². The van der Waals surface area contributed by atoms with Crippen LogP contribution in [0.2, 0.25) is 0 Å². The number of nitrogens with zero attached hydrogens (tertiary/aromatic N) is 5. The topological polar surface area (TPSA) is 120 Å². The van der Waals surface area contributed by atoms with E-state index in [-0.39, 0.29) is 17.1 Å². The Morgan fingerprint density at radius 3 is 2.61 bits per heavy atom. The molecular weight excluding hydrogens is 432 g/mol. The first kappa shape index (κ1) is 24.1. The third-order valence-corrected chi connectivity index (χ3v) is 5.65. The quantitative estimate of drug-likeness (QED) is 0.407. The number of aliphatic imine (C=N–C) groups is 1. The second-order valence-corrected chi connectivity index (χ2v) is 7.81. The lowest BCUT2D eigenvalue weighted by molar-refractivity contribution is 0.125. The van der Waals surface area contributed by atoms with E-state index in [1.807, 2.05) is 6.92 Å². The molecule has 0 aliphatic carbocycles. The average molecular weight is 462 g/mol. The van der Waals surface area contributed by atoms with Crippen LogP contribution in [0, 0.1) is 17.6 Å². The number of aromatic nitrogens is 2. The summed E-state index contributed by atoms with van der Waals surface area (Å²) < 4.78 is 29.1. The molecule has 0 bridgehead atoms. The van der Waals surface area contributed by atoms with Gasteiger partial charge in [0.25, 0.3) is 0 Å². The summed E-state index contributed by atoms with van der Waals surface area (Å²) in [4.78, 5) is 27.0. The third kappa shape index (κ3) is 6.05. The van der Waals surface area contributed by atoms with Gasteiger partial charge in [-0.2, -0.15) is 0 Å². The summed E-state index contributed by atoms with van der Waals surface area (Å²) in [5.41, 5.74) is 5.55. The standard InChI is InChI=1S/C22H29F2N7O2/c1-3-26-21(25)15-9-17(24)18(10-16(15)23)29-19-11-20(28-13-27-19)30(4-2)12-14-5-7-31(8-6-14)22(32)33/h9-11,13-14H,3-8,12H2,1-2H3,(H2,25,26)(H,32,33)(H,27,28,29). The molecule has 2 aromatic rings. The van der Waals surface area contributed by atoms with Crippen molar-refractivity contribution in [3.63, 3.8) is 0 Å². The molecular formula is C22H29F2N7O2. The highest BCUT2D eigenvalue weighted by molar-refractivity contribution is 5.98. The molecule has 0 unspecified atom stereocenters. The number of anilines is 3. The van der Waals surface area contributed by atoms with E-state index >= 15 is 0 Å². The highest BCUT2D eigenvalue weighted by Crippen LogP contribution is 2.25. The molecule has 11 heteroatoms. The normalized spacial score (nSPS) is 14.9. The zero-order valence-corrected chi connectivity index (χ0v) is 18.8. The second kappa shape index (κ2) is 10.9. The fourth-order valence-electron chi connectivity index (χ4n) is 3.82. The van der Waals surface area contributed by atoms with Gasteiger partial charge in [-0.15, -0.1) is 0 Å². The van der Waals surface area contributed by atoms with E-state index in [4.69, 9.17) is 10.8 Å². The van der Waals surface area contributed by atoms with Gasteiger partial charge >= 0.3 is 6.09 Å². The Balaban J connectivity index is 1.72. The van der Waals surface area contributed by atoms with Crippen LogP contribution in [-0.4, -0.2) is 64.6 Å². The average Bonchev–Trinajstić information content (AvgIpc) is 2.80. The van der Waals surface area contributed by atoms with Crippen LogP contribution in [0.4, 0.5) is 30.9 Å². The van der Waals surface area contributed by atoms with Crippen molar-refractivity contribution in [1.82, 2.24) is 14.9 Å². The smallest absolute Gasteiger partial charge is 0.407 e. The number of nitrogens with two attached hydrogens (primary N) is 1. The number of piperidine rings is 1. The van der Waals surface area contributed by atoms with Crippen molar-refractivity contribution in [2.45, 2.75) is 26.7 Å². The SMILES string of the molecule is CCN=C(N)c1cc(F)c(Nc2cc(N(CC)CC3CCN(C(=O)O)CC3)ncn2)cc1F. The summed E-state index contributed by atoms with van der Waals surface area (Å²) >= 11 is 0. The minimum absolute atomic E-state index is 0.0578. The van der Waals surface area contributed by atoms with Crippen molar-refractivity contribution in [2.75, 3.05) is 42.9 Å². The van der Waals surface area contributed by atoms with Crippen molar-refractivity contribution in [3.05, 3.63) is 41.7 Å². The molecule has 0 saturated carbocycles. The Bertz CT molecular complexity index is 1010. The van der Waals surface area contributed by atoms with Crippen LogP contribution in [0.25, 0.3) is 0 Å². The summed E-state index contributed by atoms with van der Waals surface area (Å²) in [6.45, 7) is 6.55. The van der Waals surface area contributed by atoms with Gasteiger partial charge in [-0.05, 0) is 38.7 Å². The lowest BCUT2D eigenvalue weighted by Crippen LogP contribution is -2.41. The Labute approximate surface area is 191 Å². The first-order valence-electron chi connectivity index (χ1n) is 10.9. The van der Waals surface area contributed by atoms with E-state index in [0.717, 1.165) is 25.0 Å². The lowest BCUT2D eigenvalue weighted by Gasteiger charge is -2.33. The zero-order valence-electron chi connectivity index (χ0n) is 18.8. The molecule has 2 heterocycles. The maximum Gasteiger partial charge on any atom is 0.407 e. The van der Waals surface area contributed by atoms with Gasteiger partial charge in [0.1, 0.15) is 35.4 Å². The Kier molecular flexibility index (Phi) is 7.96. The molecule has 1 aromatic heterocycles. The fourth-order valence-corrected chi connectivity index (χ4v) is 3.82. The molecule has 9 nitrogen and oxygen atoms in total. The fraction of sp³-hybridized carbons (Fsp3) is 0.455. The molecule has 1 amide bonds. The molecule has 1 fully saturated rings. The molecule has 0 radical (unpaired) electrons. The Morgan fingerprint density at radius 2 is 1.97 bits per heavy atom. The van der Waals surface area contributed by atoms with E-state index in [9.17, 15) is 13.6 Å². The molecule has 1 aliphatic rings. The van der Waals surface area contributed by atoms with Crippen molar-refractivity contribution in [1.29, 1.82) is 0 Å². The summed E-state index contributed by atoms with van der Waals surface area (Å²) in [7, 11) is 0. The first-order valence-corrected chi connectivity index (χ1v) is 10.9. The first-order chi connectivity index (χ1) is 15.8. The summed E-state index contributed by atoms with van der Waals surface area (Å²) in [6, 6.07) is 3.71. The number of rotatable bonds is 8. The molecule has 3 rings (SSSR count). The zero-order chi connectivity index (χ0) is 24.0. The lowest BCUT2D eigenvalue weighted by atomic mass is 9.96. The van der Waals surface area contributed by atoms with E-state index < -0.39 is 17.7 Å². The maximum absolute atomic E-state index is 14.6. The minimum Gasteiger partial charge on any atom is -0.465 e. The second-order valence-electron chi connectivity index (χ2n) is 7.81. The summed E-state index contributed by atoms with van der Waals surface area (Å²) in [6.07, 6.45) is 2.03. The number of amides is 1. The number of hydrogen-bond acceptors (Lipinski definition) is 6. The predicted molar refractivity (Wildman–Crippen MR) is 123 cm³/mol. The molecule has 0 atom stereocenters. The Morgan fingerprint density at radius 1 is 1.24 bits per heavy atom. The number of carboxylic acid groups (broad SMARTS) is 1. The van der Waals surface area contributed by atoms with Gasteiger partial charge in [0.15, 0.2) is 0 Å². The summed E-state index contributed by atoms with van der Waals surface area (Å²) in [5, 5.41) is 11.9.